The lowest BCUT2D eigenvalue weighted by Gasteiger charge is -2.28. The largest absolute Gasteiger partial charge is 0.468 e. The predicted octanol–water partition coefficient (Wildman–Crippen LogP) is 2.26. The zero-order valence-electron chi connectivity index (χ0n) is 10.4. The molecule has 3 nitrogen and oxygen atoms in total. The Morgan fingerprint density at radius 2 is 2.22 bits per heavy atom. The predicted molar refractivity (Wildman–Crippen MR) is 68.2 cm³/mol. The van der Waals surface area contributed by atoms with Gasteiger partial charge in [-0.25, -0.2) is 0 Å². The van der Waals surface area contributed by atoms with Crippen molar-refractivity contribution in [1.82, 2.24) is 0 Å². The molecule has 3 heteroatoms. The summed E-state index contributed by atoms with van der Waals surface area (Å²) < 4.78 is 4.76. The van der Waals surface area contributed by atoms with Gasteiger partial charge in [0.25, 0.3) is 0 Å². The summed E-state index contributed by atoms with van der Waals surface area (Å²) in [5.74, 6) is -1.46. The van der Waals surface area contributed by atoms with Crippen molar-refractivity contribution in [1.29, 1.82) is 0 Å². The quantitative estimate of drug-likeness (QED) is 0.465. The van der Waals surface area contributed by atoms with Crippen molar-refractivity contribution in [2.75, 3.05) is 7.11 Å². The minimum atomic E-state index is -0.773. The number of rotatable bonds is 3. The van der Waals surface area contributed by atoms with E-state index in [1.54, 1.807) is 6.08 Å². The Morgan fingerprint density at radius 3 is 2.89 bits per heavy atom. The standard InChI is InChI=1S/C15H16O3/c1-3-6-11-9-10-7-4-5-8-12(10)13(14(11)16)15(17)18-2/h3-5,7-8,11,13H,1,6,9H2,2H3. The second-order valence-corrected chi connectivity index (χ2v) is 4.48. The third kappa shape index (κ3) is 2.08. The highest BCUT2D eigenvalue weighted by Gasteiger charge is 2.39. The maximum absolute atomic E-state index is 12.3. The molecule has 0 saturated heterocycles. The molecule has 18 heavy (non-hydrogen) atoms. The minimum Gasteiger partial charge on any atom is -0.468 e. The number of allylic oxidation sites excluding steroid dienone is 1. The summed E-state index contributed by atoms with van der Waals surface area (Å²) in [5, 5.41) is 0. The van der Waals surface area contributed by atoms with Gasteiger partial charge in [0, 0.05) is 5.92 Å². The number of hydrogen-bond acceptors (Lipinski definition) is 3. The highest BCUT2D eigenvalue weighted by atomic mass is 16.5. The fourth-order valence-corrected chi connectivity index (χ4v) is 2.52. The van der Waals surface area contributed by atoms with Crippen molar-refractivity contribution in [3.63, 3.8) is 0 Å². The van der Waals surface area contributed by atoms with Crippen LogP contribution in [0.3, 0.4) is 0 Å². The number of benzene rings is 1. The van der Waals surface area contributed by atoms with E-state index in [9.17, 15) is 9.59 Å². The lowest BCUT2D eigenvalue weighted by molar-refractivity contribution is -0.147. The van der Waals surface area contributed by atoms with E-state index < -0.39 is 11.9 Å². The van der Waals surface area contributed by atoms with Gasteiger partial charge >= 0.3 is 5.97 Å². The molecule has 0 aliphatic heterocycles. The van der Waals surface area contributed by atoms with Crippen LogP contribution < -0.4 is 0 Å². The fraction of sp³-hybridized carbons (Fsp3) is 0.333. The second kappa shape index (κ2) is 5.17. The maximum Gasteiger partial charge on any atom is 0.320 e. The maximum atomic E-state index is 12.3. The van der Waals surface area contributed by atoms with E-state index in [4.69, 9.17) is 4.74 Å². The number of fused-ring (bicyclic) bond motifs is 1. The van der Waals surface area contributed by atoms with Crippen LogP contribution >= 0.6 is 0 Å². The number of methoxy groups -OCH3 is 1. The Balaban J connectivity index is 2.45. The molecular weight excluding hydrogens is 228 g/mol. The second-order valence-electron chi connectivity index (χ2n) is 4.48. The van der Waals surface area contributed by atoms with Crippen LogP contribution in [0.2, 0.25) is 0 Å². The fourth-order valence-electron chi connectivity index (χ4n) is 2.52. The normalized spacial score (nSPS) is 22.2. The van der Waals surface area contributed by atoms with Gasteiger partial charge in [-0.3, -0.25) is 9.59 Å². The third-order valence-electron chi connectivity index (χ3n) is 3.41. The van der Waals surface area contributed by atoms with E-state index in [1.807, 2.05) is 24.3 Å². The van der Waals surface area contributed by atoms with Gasteiger partial charge in [0.15, 0.2) is 5.78 Å². The molecule has 0 aromatic heterocycles. The number of carbonyl (C=O) groups is 2. The number of ether oxygens (including phenoxy) is 1. The van der Waals surface area contributed by atoms with Crippen molar-refractivity contribution in [3.8, 4) is 0 Å². The minimum absolute atomic E-state index is 0.0551. The topological polar surface area (TPSA) is 43.4 Å². The molecule has 0 heterocycles. The summed E-state index contributed by atoms with van der Waals surface area (Å²) in [5.41, 5.74) is 1.84. The number of carbonyl (C=O) groups excluding carboxylic acids is 2. The van der Waals surface area contributed by atoms with Gasteiger partial charge in [0.05, 0.1) is 7.11 Å². The first kappa shape index (κ1) is 12.6. The molecule has 0 amide bonds. The molecule has 2 rings (SSSR count). The van der Waals surface area contributed by atoms with Gasteiger partial charge in [-0.1, -0.05) is 30.3 Å². The summed E-state index contributed by atoms with van der Waals surface area (Å²) in [6.45, 7) is 3.67. The van der Waals surface area contributed by atoms with Crippen molar-refractivity contribution in [2.24, 2.45) is 5.92 Å². The summed E-state index contributed by atoms with van der Waals surface area (Å²) >= 11 is 0. The van der Waals surface area contributed by atoms with Crippen LogP contribution in [-0.4, -0.2) is 18.9 Å². The van der Waals surface area contributed by atoms with E-state index in [-0.39, 0.29) is 11.7 Å². The first-order chi connectivity index (χ1) is 8.69. The first-order valence-electron chi connectivity index (χ1n) is 5.99. The summed E-state index contributed by atoms with van der Waals surface area (Å²) in [6, 6.07) is 7.57. The molecule has 2 atom stereocenters. The Kier molecular flexibility index (Phi) is 3.60. The Hall–Kier alpha value is -1.90. The van der Waals surface area contributed by atoms with Crippen LogP contribution in [0.15, 0.2) is 36.9 Å². The molecule has 1 aliphatic rings. The number of hydrogen-bond donors (Lipinski definition) is 0. The first-order valence-corrected chi connectivity index (χ1v) is 5.99. The van der Waals surface area contributed by atoms with Crippen molar-refractivity contribution < 1.29 is 14.3 Å². The van der Waals surface area contributed by atoms with Crippen LogP contribution in [-0.2, 0) is 20.7 Å². The van der Waals surface area contributed by atoms with Crippen LogP contribution in [0.4, 0.5) is 0 Å². The van der Waals surface area contributed by atoms with Crippen molar-refractivity contribution in [3.05, 3.63) is 48.0 Å². The number of ketones is 1. The molecule has 0 N–H and O–H groups in total. The molecule has 1 aromatic carbocycles. The summed E-state index contributed by atoms with van der Waals surface area (Å²) in [7, 11) is 1.31. The molecule has 0 bridgehead atoms. The molecule has 0 fully saturated rings. The van der Waals surface area contributed by atoms with Crippen LogP contribution in [0, 0.1) is 5.92 Å². The van der Waals surface area contributed by atoms with Gasteiger partial charge < -0.3 is 4.74 Å². The molecule has 0 saturated carbocycles. The molecule has 1 aliphatic carbocycles. The zero-order valence-corrected chi connectivity index (χ0v) is 10.4. The SMILES string of the molecule is C=CCC1Cc2ccccc2C(C(=O)OC)C1=O. The van der Waals surface area contributed by atoms with E-state index in [0.717, 1.165) is 11.1 Å². The van der Waals surface area contributed by atoms with E-state index in [0.29, 0.717) is 12.8 Å². The molecule has 1 aromatic rings. The lowest BCUT2D eigenvalue weighted by atomic mass is 9.74. The Bertz CT molecular complexity index is 490. The van der Waals surface area contributed by atoms with Gasteiger partial charge in [0.2, 0.25) is 0 Å². The number of esters is 1. The average molecular weight is 244 g/mol. The molecular formula is C15H16O3. The van der Waals surface area contributed by atoms with Gasteiger partial charge in [-0.2, -0.15) is 0 Å². The summed E-state index contributed by atoms with van der Waals surface area (Å²) in [4.78, 5) is 24.2. The molecule has 2 unspecified atom stereocenters. The average Bonchev–Trinajstić information content (AvgIpc) is 2.39. The third-order valence-corrected chi connectivity index (χ3v) is 3.41. The Labute approximate surface area is 106 Å². The molecule has 0 radical (unpaired) electrons. The highest BCUT2D eigenvalue weighted by molar-refractivity contribution is 6.06. The molecule has 0 spiro atoms. The van der Waals surface area contributed by atoms with Crippen LogP contribution in [0.1, 0.15) is 23.5 Å². The van der Waals surface area contributed by atoms with E-state index in [1.165, 1.54) is 7.11 Å². The van der Waals surface area contributed by atoms with Gasteiger partial charge in [-0.05, 0) is 24.0 Å². The smallest absolute Gasteiger partial charge is 0.320 e. The van der Waals surface area contributed by atoms with Crippen LogP contribution in [0.5, 0.6) is 0 Å². The summed E-state index contributed by atoms with van der Waals surface area (Å²) in [6.07, 6.45) is 3.00. The molecule has 94 valence electrons. The van der Waals surface area contributed by atoms with Gasteiger partial charge in [-0.15, -0.1) is 6.58 Å². The number of Topliss-reactive ketones (excluding diaryl/α,β-unsaturated/α-hetero) is 1. The lowest BCUT2D eigenvalue weighted by Crippen LogP contribution is -2.34. The van der Waals surface area contributed by atoms with Gasteiger partial charge in [0.1, 0.15) is 5.92 Å². The van der Waals surface area contributed by atoms with E-state index >= 15 is 0 Å². The van der Waals surface area contributed by atoms with Crippen molar-refractivity contribution in [2.45, 2.75) is 18.8 Å². The van der Waals surface area contributed by atoms with E-state index in [2.05, 4.69) is 6.58 Å². The van der Waals surface area contributed by atoms with Crippen LogP contribution in [0.25, 0.3) is 0 Å². The highest BCUT2D eigenvalue weighted by Crippen LogP contribution is 2.34. The zero-order chi connectivity index (χ0) is 13.1. The van der Waals surface area contributed by atoms with Crippen molar-refractivity contribution >= 4 is 11.8 Å². The monoisotopic (exact) mass is 244 g/mol. The Morgan fingerprint density at radius 1 is 1.50 bits per heavy atom.